The Balaban J connectivity index is 2.30. The Bertz CT molecular complexity index is 458. The predicted octanol–water partition coefficient (Wildman–Crippen LogP) is 2.50. The van der Waals surface area contributed by atoms with E-state index in [0.717, 1.165) is 17.1 Å². The summed E-state index contributed by atoms with van der Waals surface area (Å²) < 4.78 is 1.85. The summed E-state index contributed by atoms with van der Waals surface area (Å²) in [5.74, 6) is 0.962. The van der Waals surface area contributed by atoms with Crippen molar-refractivity contribution in [1.29, 1.82) is 0 Å². The van der Waals surface area contributed by atoms with Gasteiger partial charge in [-0.2, -0.15) is 5.10 Å². The van der Waals surface area contributed by atoms with Crippen LogP contribution in [0.2, 0.25) is 0 Å². The Morgan fingerprint density at radius 3 is 2.56 bits per heavy atom. The van der Waals surface area contributed by atoms with Crippen LogP contribution in [-0.2, 0) is 7.05 Å². The molecule has 0 radical (unpaired) electrons. The van der Waals surface area contributed by atoms with Crippen LogP contribution in [0.15, 0.2) is 0 Å². The molecular formula is C13H22N4S. The summed E-state index contributed by atoms with van der Waals surface area (Å²) in [6.07, 6.45) is 6.28. The molecule has 1 heterocycles. The van der Waals surface area contributed by atoms with E-state index in [9.17, 15) is 0 Å². The smallest absolute Gasteiger partial charge is 0.134 e. The second-order valence-electron chi connectivity index (χ2n) is 5.54. The number of nitrogens with one attached hydrogen (secondary N) is 1. The minimum Gasteiger partial charge on any atom is -0.389 e. The summed E-state index contributed by atoms with van der Waals surface area (Å²) >= 11 is 5.14. The maximum Gasteiger partial charge on any atom is 0.134 e. The highest BCUT2D eigenvalue weighted by atomic mass is 32.1. The van der Waals surface area contributed by atoms with E-state index in [-0.39, 0.29) is 5.54 Å². The molecule has 1 fully saturated rings. The summed E-state index contributed by atoms with van der Waals surface area (Å²) in [5.41, 5.74) is 7.74. The molecule has 0 saturated heterocycles. The fourth-order valence-corrected chi connectivity index (χ4v) is 3.08. The van der Waals surface area contributed by atoms with Crippen molar-refractivity contribution in [3.63, 3.8) is 0 Å². The highest BCUT2D eigenvalue weighted by Gasteiger charge is 2.29. The van der Waals surface area contributed by atoms with E-state index in [0.29, 0.717) is 4.99 Å². The lowest BCUT2D eigenvalue weighted by Crippen LogP contribution is -2.38. The average Bonchev–Trinajstić information content (AvgIpc) is 2.54. The van der Waals surface area contributed by atoms with Gasteiger partial charge in [-0.1, -0.05) is 31.5 Å². The van der Waals surface area contributed by atoms with E-state index in [4.69, 9.17) is 18.0 Å². The summed E-state index contributed by atoms with van der Waals surface area (Å²) in [4.78, 5) is 0.419. The van der Waals surface area contributed by atoms with Crippen LogP contribution in [0.3, 0.4) is 0 Å². The van der Waals surface area contributed by atoms with Gasteiger partial charge in [-0.15, -0.1) is 0 Å². The van der Waals surface area contributed by atoms with Gasteiger partial charge in [-0.3, -0.25) is 4.68 Å². The van der Waals surface area contributed by atoms with Crippen molar-refractivity contribution in [3.8, 4) is 0 Å². The van der Waals surface area contributed by atoms with Crippen LogP contribution in [0, 0.1) is 6.92 Å². The first kappa shape index (κ1) is 13.3. The van der Waals surface area contributed by atoms with Crippen LogP contribution < -0.4 is 11.1 Å². The van der Waals surface area contributed by atoms with Gasteiger partial charge in [-0.25, -0.2) is 0 Å². The van der Waals surface area contributed by atoms with Crippen LogP contribution in [-0.4, -0.2) is 20.3 Å². The van der Waals surface area contributed by atoms with Crippen molar-refractivity contribution in [2.24, 2.45) is 12.8 Å². The molecular weight excluding hydrogens is 244 g/mol. The van der Waals surface area contributed by atoms with E-state index in [2.05, 4.69) is 17.3 Å². The Morgan fingerprint density at radius 2 is 2.00 bits per heavy atom. The number of nitrogens with zero attached hydrogens (tertiary/aromatic N) is 2. The van der Waals surface area contributed by atoms with Crippen LogP contribution in [0.25, 0.3) is 0 Å². The third-order valence-corrected chi connectivity index (χ3v) is 4.05. The molecule has 0 spiro atoms. The lowest BCUT2D eigenvalue weighted by atomic mass is 9.83. The van der Waals surface area contributed by atoms with E-state index in [1.165, 1.54) is 32.1 Å². The summed E-state index contributed by atoms with van der Waals surface area (Å²) in [6, 6.07) is 0. The number of anilines is 1. The molecule has 1 aromatic rings. The fourth-order valence-electron chi connectivity index (χ4n) is 2.84. The molecule has 18 heavy (non-hydrogen) atoms. The standard InChI is InChI=1S/C13H22N4S/c1-9-10(11(14)18)12(17(3)16-9)15-13(2)7-5-4-6-8-13/h15H,4-8H2,1-3H3,(H2,14,18). The minimum absolute atomic E-state index is 0.137. The number of hydrogen-bond acceptors (Lipinski definition) is 3. The van der Waals surface area contributed by atoms with Gasteiger partial charge in [0.05, 0.1) is 11.3 Å². The summed E-state index contributed by atoms with van der Waals surface area (Å²) in [5, 5.41) is 8.04. The van der Waals surface area contributed by atoms with Gasteiger partial charge in [0, 0.05) is 12.6 Å². The molecule has 1 aliphatic carbocycles. The Hall–Kier alpha value is -1.10. The van der Waals surface area contributed by atoms with Gasteiger partial charge < -0.3 is 11.1 Å². The Kier molecular flexibility index (Phi) is 3.61. The molecule has 0 unspecified atom stereocenters. The summed E-state index contributed by atoms with van der Waals surface area (Å²) in [7, 11) is 1.93. The first-order chi connectivity index (χ1) is 8.43. The fraction of sp³-hybridized carbons (Fsp3) is 0.692. The van der Waals surface area contributed by atoms with Gasteiger partial charge in [0.25, 0.3) is 0 Å². The van der Waals surface area contributed by atoms with Crippen LogP contribution in [0.5, 0.6) is 0 Å². The highest BCUT2D eigenvalue weighted by molar-refractivity contribution is 7.80. The van der Waals surface area contributed by atoms with E-state index >= 15 is 0 Å². The first-order valence-electron chi connectivity index (χ1n) is 6.54. The van der Waals surface area contributed by atoms with Gasteiger partial charge in [-0.05, 0) is 26.7 Å². The van der Waals surface area contributed by atoms with Crippen molar-refractivity contribution in [1.82, 2.24) is 9.78 Å². The van der Waals surface area contributed by atoms with E-state index in [1.807, 2.05) is 18.7 Å². The Morgan fingerprint density at radius 1 is 1.39 bits per heavy atom. The second-order valence-corrected chi connectivity index (χ2v) is 5.98. The molecule has 3 N–H and O–H groups in total. The van der Waals surface area contributed by atoms with Gasteiger partial charge in [0.15, 0.2) is 0 Å². The van der Waals surface area contributed by atoms with Crippen LogP contribution in [0.4, 0.5) is 5.82 Å². The molecule has 100 valence electrons. The molecule has 1 aliphatic rings. The van der Waals surface area contributed by atoms with Gasteiger partial charge in [0.2, 0.25) is 0 Å². The minimum atomic E-state index is 0.137. The zero-order valence-corrected chi connectivity index (χ0v) is 12.2. The normalized spacial score (nSPS) is 18.6. The molecule has 0 amide bonds. The molecule has 1 aromatic heterocycles. The zero-order chi connectivity index (χ0) is 13.3. The van der Waals surface area contributed by atoms with Crippen molar-refractivity contribution < 1.29 is 0 Å². The molecule has 0 aliphatic heterocycles. The monoisotopic (exact) mass is 266 g/mol. The van der Waals surface area contributed by atoms with Crippen molar-refractivity contribution in [3.05, 3.63) is 11.3 Å². The molecule has 2 rings (SSSR count). The number of nitrogens with two attached hydrogens (primary N) is 1. The molecule has 0 aromatic carbocycles. The van der Waals surface area contributed by atoms with Crippen molar-refractivity contribution >= 4 is 23.0 Å². The molecule has 4 nitrogen and oxygen atoms in total. The largest absolute Gasteiger partial charge is 0.389 e. The molecule has 5 heteroatoms. The average molecular weight is 266 g/mol. The zero-order valence-electron chi connectivity index (χ0n) is 11.4. The molecule has 1 saturated carbocycles. The van der Waals surface area contributed by atoms with Crippen molar-refractivity contribution in [2.75, 3.05) is 5.32 Å². The third kappa shape index (κ3) is 2.51. The predicted molar refractivity (Wildman–Crippen MR) is 78.9 cm³/mol. The second kappa shape index (κ2) is 4.88. The van der Waals surface area contributed by atoms with Gasteiger partial charge in [0.1, 0.15) is 10.8 Å². The Labute approximate surface area is 114 Å². The maximum atomic E-state index is 5.82. The lowest BCUT2D eigenvalue weighted by Gasteiger charge is -2.35. The number of aromatic nitrogens is 2. The highest BCUT2D eigenvalue weighted by Crippen LogP contribution is 2.32. The first-order valence-corrected chi connectivity index (χ1v) is 6.95. The topological polar surface area (TPSA) is 55.9 Å². The number of hydrogen-bond donors (Lipinski definition) is 2. The quantitative estimate of drug-likeness (QED) is 0.825. The summed E-state index contributed by atoms with van der Waals surface area (Å²) in [6.45, 7) is 4.22. The van der Waals surface area contributed by atoms with Crippen LogP contribution in [0.1, 0.15) is 50.3 Å². The molecule has 0 atom stereocenters. The SMILES string of the molecule is Cc1nn(C)c(NC2(C)CCCCC2)c1C(N)=S. The lowest BCUT2D eigenvalue weighted by molar-refractivity contribution is 0.347. The van der Waals surface area contributed by atoms with E-state index in [1.54, 1.807) is 0 Å². The number of aryl methyl sites for hydroxylation is 2. The maximum absolute atomic E-state index is 5.82. The number of rotatable bonds is 3. The van der Waals surface area contributed by atoms with E-state index < -0.39 is 0 Å². The third-order valence-electron chi connectivity index (χ3n) is 3.85. The van der Waals surface area contributed by atoms with Gasteiger partial charge >= 0.3 is 0 Å². The van der Waals surface area contributed by atoms with Crippen molar-refractivity contribution in [2.45, 2.75) is 51.5 Å². The number of thiocarbonyl (C=S) groups is 1. The van der Waals surface area contributed by atoms with Crippen LogP contribution >= 0.6 is 12.2 Å². The molecule has 0 bridgehead atoms.